The second-order valence-electron chi connectivity index (χ2n) is 5.29. The van der Waals surface area contributed by atoms with Crippen LogP contribution in [0.15, 0.2) is 29.2 Å². The van der Waals surface area contributed by atoms with Gasteiger partial charge in [-0.3, -0.25) is 5.32 Å². The van der Waals surface area contributed by atoms with Crippen molar-refractivity contribution in [2.75, 3.05) is 12.3 Å². The summed E-state index contributed by atoms with van der Waals surface area (Å²) in [6.45, 7) is 2.90. The van der Waals surface area contributed by atoms with Crippen molar-refractivity contribution in [2.24, 2.45) is 5.92 Å². The van der Waals surface area contributed by atoms with Crippen LogP contribution in [0.3, 0.4) is 0 Å². The first-order valence-electron chi connectivity index (χ1n) is 7.25. The monoisotopic (exact) mass is 292 g/mol. The van der Waals surface area contributed by atoms with Crippen molar-refractivity contribution >= 4 is 11.8 Å². The third-order valence-corrected chi connectivity index (χ3v) is 5.11. The Kier molecular flexibility index (Phi) is 5.45. The minimum atomic E-state index is -0.321. The highest BCUT2D eigenvalue weighted by Gasteiger charge is 2.41. The van der Waals surface area contributed by atoms with Crippen molar-refractivity contribution in [1.29, 1.82) is 5.26 Å². The summed E-state index contributed by atoms with van der Waals surface area (Å²) in [6, 6.07) is 9.14. The molecule has 0 amide bonds. The van der Waals surface area contributed by atoms with Crippen molar-refractivity contribution in [3.8, 4) is 6.07 Å². The Balaban J connectivity index is 1.87. The zero-order valence-corrected chi connectivity index (χ0v) is 12.7. The third-order valence-electron chi connectivity index (χ3n) is 4.06. The molecule has 1 aliphatic rings. The van der Waals surface area contributed by atoms with Gasteiger partial charge in [0.15, 0.2) is 0 Å². The first-order chi connectivity index (χ1) is 9.70. The van der Waals surface area contributed by atoms with Crippen LogP contribution in [0, 0.1) is 23.1 Å². The van der Waals surface area contributed by atoms with Crippen molar-refractivity contribution in [3.05, 3.63) is 30.1 Å². The van der Waals surface area contributed by atoms with Crippen molar-refractivity contribution in [1.82, 2.24) is 5.32 Å². The first kappa shape index (κ1) is 15.3. The molecule has 0 saturated heterocycles. The van der Waals surface area contributed by atoms with Gasteiger partial charge in [0.1, 0.15) is 11.4 Å². The van der Waals surface area contributed by atoms with E-state index in [-0.39, 0.29) is 11.4 Å². The number of rotatable bonds is 6. The third kappa shape index (κ3) is 3.53. The van der Waals surface area contributed by atoms with Gasteiger partial charge in [0.05, 0.1) is 6.07 Å². The van der Waals surface area contributed by atoms with Crippen molar-refractivity contribution in [3.63, 3.8) is 0 Å². The van der Waals surface area contributed by atoms with E-state index in [2.05, 4.69) is 18.3 Å². The maximum Gasteiger partial charge on any atom is 0.123 e. The van der Waals surface area contributed by atoms with Gasteiger partial charge in [-0.05, 0) is 61.7 Å². The van der Waals surface area contributed by atoms with Gasteiger partial charge in [-0.15, -0.1) is 11.8 Å². The zero-order chi connectivity index (χ0) is 14.4. The van der Waals surface area contributed by atoms with Crippen LogP contribution < -0.4 is 5.32 Å². The van der Waals surface area contributed by atoms with Crippen molar-refractivity contribution < 1.29 is 4.39 Å². The summed E-state index contributed by atoms with van der Waals surface area (Å²) < 4.78 is 12.8. The molecule has 1 aromatic rings. The summed E-state index contributed by atoms with van der Waals surface area (Å²) in [7, 11) is 0. The molecule has 1 N–H and O–H groups in total. The fourth-order valence-corrected chi connectivity index (χ4v) is 4.02. The Morgan fingerprint density at radius 3 is 2.85 bits per heavy atom. The molecule has 20 heavy (non-hydrogen) atoms. The Labute approximate surface area is 124 Å². The Morgan fingerprint density at radius 2 is 2.20 bits per heavy atom. The van der Waals surface area contributed by atoms with Gasteiger partial charge in [0, 0.05) is 4.90 Å². The van der Waals surface area contributed by atoms with E-state index in [4.69, 9.17) is 0 Å². The van der Waals surface area contributed by atoms with Crippen LogP contribution in [-0.2, 0) is 0 Å². The van der Waals surface area contributed by atoms with E-state index in [9.17, 15) is 9.65 Å². The second kappa shape index (κ2) is 7.10. The molecule has 1 aliphatic carbocycles. The highest BCUT2D eigenvalue weighted by atomic mass is 32.2. The lowest BCUT2D eigenvalue weighted by molar-refractivity contribution is 0.317. The van der Waals surface area contributed by atoms with Crippen LogP contribution in [0.25, 0.3) is 0 Å². The maximum atomic E-state index is 12.8. The van der Waals surface area contributed by atoms with E-state index in [0.29, 0.717) is 5.92 Å². The van der Waals surface area contributed by atoms with E-state index in [1.54, 1.807) is 11.8 Å². The SMILES string of the molecule is CCNC1(C#N)CCCC1CCSc1ccc(F)cc1. The summed E-state index contributed by atoms with van der Waals surface area (Å²) in [5.74, 6) is 1.21. The molecule has 2 rings (SSSR count). The molecular formula is C16H21FN2S. The highest BCUT2D eigenvalue weighted by molar-refractivity contribution is 7.99. The van der Waals surface area contributed by atoms with Gasteiger partial charge in [0.2, 0.25) is 0 Å². The Hall–Kier alpha value is -1.05. The summed E-state index contributed by atoms with van der Waals surface area (Å²) in [5.41, 5.74) is -0.321. The summed E-state index contributed by atoms with van der Waals surface area (Å²) >= 11 is 1.74. The van der Waals surface area contributed by atoms with Gasteiger partial charge >= 0.3 is 0 Å². The smallest absolute Gasteiger partial charge is 0.123 e. The fraction of sp³-hybridized carbons (Fsp3) is 0.562. The number of hydrogen-bond acceptors (Lipinski definition) is 3. The molecule has 4 heteroatoms. The predicted molar refractivity (Wildman–Crippen MR) is 81.1 cm³/mol. The molecule has 2 unspecified atom stereocenters. The molecule has 2 atom stereocenters. The molecule has 0 bridgehead atoms. The summed E-state index contributed by atoms with van der Waals surface area (Å²) in [6.07, 6.45) is 4.25. The quantitative estimate of drug-likeness (QED) is 0.806. The first-order valence-corrected chi connectivity index (χ1v) is 8.23. The number of thioether (sulfide) groups is 1. The van der Waals surface area contributed by atoms with Crippen LogP contribution in [0.4, 0.5) is 4.39 Å². The number of nitrogens with one attached hydrogen (secondary N) is 1. The largest absolute Gasteiger partial charge is 0.299 e. The Morgan fingerprint density at radius 1 is 1.45 bits per heavy atom. The number of hydrogen-bond donors (Lipinski definition) is 1. The van der Waals surface area contributed by atoms with Crippen LogP contribution in [0.5, 0.6) is 0 Å². The molecule has 1 fully saturated rings. The van der Waals surface area contributed by atoms with Crippen LogP contribution in [0.2, 0.25) is 0 Å². The molecule has 0 radical (unpaired) electrons. The van der Waals surface area contributed by atoms with Crippen LogP contribution in [0.1, 0.15) is 32.6 Å². The molecule has 1 aromatic carbocycles. The zero-order valence-electron chi connectivity index (χ0n) is 11.9. The lowest BCUT2D eigenvalue weighted by Gasteiger charge is -2.29. The Bertz CT molecular complexity index is 468. The molecule has 0 spiro atoms. The number of nitriles is 1. The molecule has 0 aromatic heterocycles. The van der Waals surface area contributed by atoms with Gasteiger partial charge < -0.3 is 0 Å². The van der Waals surface area contributed by atoms with Gasteiger partial charge in [-0.25, -0.2) is 4.39 Å². The minimum Gasteiger partial charge on any atom is -0.299 e. The van der Waals surface area contributed by atoms with E-state index >= 15 is 0 Å². The normalized spacial score (nSPS) is 25.6. The van der Waals surface area contributed by atoms with Gasteiger partial charge in [0.25, 0.3) is 0 Å². The lowest BCUT2D eigenvalue weighted by Crippen LogP contribution is -2.47. The average molecular weight is 292 g/mol. The lowest BCUT2D eigenvalue weighted by atomic mass is 9.86. The molecule has 1 saturated carbocycles. The summed E-state index contributed by atoms with van der Waals surface area (Å²) in [5, 5.41) is 12.9. The van der Waals surface area contributed by atoms with Crippen molar-refractivity contribution in [2.45, 2.75) is 43.0 Å². The van der Waals surface area contributed by atoms with E-state index in [1.165, 1.54) is 12.1 Å². The number of halogens is 1. The molecular weight excluding hydrogens is 271 g/mol. The fourth-order valence-electron chi connectivity index (χ4n) is 3.05. The summed E-state index contributed by atoms with van der Waals surface area (Å²) in [4.78, 5) is 1.09. The maximum absolute atomic E-state index is 12.8. The number of benzene rings is 1. The molecule has 0 heterocycles. The number of nitrogens with zero attached hydrogens (tertiary/aromatic N) is 1. The van der Waals surface area contributed by atoms with Gasteiger partial charge in [-0.2, -0.15) is 5.26 Å². The van der Waals surface area contributed by atoms with Gasteiger partial charge in [-0.1, -0.05) is 13.3 Å². The van der Waals surface area contributed by atoms with Crippen LogP contribution in [-0.4, -0.2) is 17.8 Å². The van der Waals surface area contributed by atoms with E-state index < -0.39 is 0 Å². The minimum absolute atomic E-state index is 0.194. The van der Waals surface area contributed by atoms with Crippen LogP contribution >= 0.6 is 11.8 Å². The standard InChI is InChI=1S/C16H21FN2S/c1-2-19-16(12-18)10-3-4-13(16)9-11-20-15-7-5-14(17)6-8-15/h5-8,13,19H,2-4,9-11H2,1H3. The van der Waals surface area contributed by atoms with E-state index in [0.717, 1.165) is 42.9 Å². The molecule has 108 valence electrons. The average Bonchev–Trinajstić information content (AvgIpc) is 2.85. The molecule has 2 nitrogen and oxygen atoms in total. The topological polar surface area (TPSA) is 35.8 Å². The molecule has 0 aliphatic heterocycles. The highest BCUT2D eigenvalue weighted by Crippen LogP contribution is 2.38. The predicted octanol–water partition coefficient (Wildman–Crippen LogP) is 3.98. The second-order valence-corrected chi connectivity index (χ2v) is 6.46. The van der Waals surface area contributed by atoms with E-state index in [1.807, 2.05) is 12.1 Å².